The second kappa shape index (κ2) is 4.34. The van der Waals surface area contributed by atoms with Crippen LogP contribution < -0.4 is 0 Å². The number of hydrogen-bond acceptors (Lipinski definition) is 3. The van der Waals surface area contributed by atoms with Crippen LogP contribution in [0.4, 0.5) is 0 Å². The van der Waals surface area contributed by atoms with E-state index in [4.69, 9.17) is 4.74 Å². The summed E-state index contributed by atoms with van der Waals surface area (Å²) in [7, 11) is 2.14. The van der Waals surface area contributed by atoms with Gasteiger partial charge in [0.25, 0.3) is 0 Å². The molecule has 0 aromatic carbocycles. The van der Waals surface area contributed by atoms with Crippen molar-refractivity contribution in [3.63, 3.8) is 0 Å². The number of esters is 1. The van der Waals surface area contributed by atoms with Gasteiger partial charge in [-0.25, -0.2) is 4.79 Å². The van der Waals surface area contributed by atoms with Crippen molar-refractivity contribution in [2.45, 2.75) is 50.8 Å². The van der Waals surface area contributed by atoms with Crippen molar-refractivity contribution in [3.8, 4) is 0 Å². The van der Waals surface area contributed by atoms with Gasteiger partial charge in [0.2, 0.25) is 0 Å². The third kappa shape index (κ3) is 1.96. The number of quaternary nitrogens is 1. The van der Waals surface area contributed by atoms with Crippen LogP contribution in [0, 0.1) is 0 Å². The van der Waals surface area contributed by atoms with Crippen LogP contribution in [0.1, 0.15) is 32.6 Å². The maximum Gasteiger partial charge on any atom is 0.361 e. The molecule has 1 N–H and O–H groups in total. The van der Waals surface area contributed by atoms with Gasteiger partial charge < -0.3 is 14.3 Å². The van der Waals surface area contributed by atoms with Crippen LogP contribution in [0.25, 0.3) is 0 Å². The number of aliphatic hydroxyl groups is 1. The molecule has 2 unspecified atom stereocenters. The van der Waals surface area contributed by atoms with Crippen molar-refractivity contribution in [3.05, 3.63) is 0 Å². The van der Waals surface area contributed by atoms with E-state index >= 15 is 0 Å². The summed E-state index contributed by atoms with van der Waals surface area (Å²) in [6.07, 6.45) is 3.79. The number of ether oxygens (including phenoxy) is 1. The van der Waals surface area contributed by atoms with Crippen molar-refractivity contribution >= 4 is 5.97 Å². The fourth-order valence-corrected chi connectivity index (χ4v) is 3.46. The zero-order chi connectivity index (χ0) is 11.8. The molecule has 2 aliphatic rings. The number of likely N-dealkylation sites (N-methyl/N-ethyl adjacent to an activating group) is 1. The molecule has 4 nitrogen and oxygen atoms in total. The van der Waals surface area contributed by atoms with Crippen LogP contribution in [0.15, 0.2) is 0 Å². The van der Waals surface area contributed by atoms with E-state index in [1.807, 2.05) is 6.92 Å². The minimum Gasteiger partial charge on any atom is -0.462 e. The molecule has 2 saturated heterocycles. The lowest BCUT2D eigenvalue weighted by atomic mass is 9.97. The van der Waals surface area contributed by atoms with Crippen LogP contribution in [-0.2, 0) is 9.53 Å². The highest BCUT2D eigenvalue weighted by Crippen LogP contribution is 2.40. The molecule has 2 heterocycles. The normalized spacial score (nSPS) is 42.1. The minimum atomic E-state index is -0.161. The molecule has 2 fully saturated rings. The lowest BCUT2D eigenvalue weighted by Crippen LogP contribution is -2.60. The van der Waals surface area contributed by atoms with Crippen molar-refractivity contribution in [2.75, 3.05) is 20.2 Å². The monoisotopic (exact) mass is 228 g/mol. The van der Waals surface area contributed by atoms with E-state index in [2.05, 4.69) is 7.05 Å². The summed E-state index contributed by atoms with van der Waals surface area (Å²) in [5.41, 5.74) is 0. The number of carbonyl (C=O) groups is 1. The SMILES string of the molecule is CCOC(=O)C[N+]1(C)C2CCC1CC(O)C2. The molecular formula is C12H22NO3+. The van der Waals surface area contributed by atoms with Gasteiger partial charge in [-0.2, -0.15) is 0 Å². The maximum absolute atomic E-state index is 11.6. The summed E-state index contributed by atoms with van der Waals surface area (Å²) < 4.78 is 5.83. The van der Waals surface area contributed by atoms with E-state index < -0.39 is 0 Å². The van der Waals surface area contributed by atoms with Crippen LogP contribution in [0.5, 0.6) is 0 Å². The second-order valence-electron chi connectivity index (χ2n) is 5.32. The number of nitrogens with zero attached hydrogens (tertiary/aromatic N) is 1. The van der Waals surface area contributed by atoms with E-state index in [1.54, 1.807) is 0 Å². The van der Waals surface area contributed by atoms with Gasteiger partial charge in [-0.05, 0) is 6.92 Å². The molecule has 0 saturated carbocycles. The number of hydrogen-bond donors (Lipinski definition) is 1. The Hall–Kier alpha value is -0.610. The number of aliphatic hydroxyl groups excluding tert-OH is 1. The number of piperidine rings is 1. The summed E-state index contributed by atoms with van der Waals surface area (Å²) >= 11 is 0. The number of fused-ring (bicyclic) bond motifs is 2. The van der Waals surface area contributed by atoms with Gasteiger partial charge in [-0.3, -0.25) is 0 Å². The van der Waals surface area contributed by atoms with E-state index in [0.29, 0.717) is 25.2 Å². The summed E-state index contributed by atoms with van der Waals surface area (Å²) in [5.74, 6) is -0.0988. The maximum atomic E-state index is 11.6. The predicted octanol–water partition coefficient (Wildman–Crippen LogP) is 0.682. The van der Waals surface area contributed by atoms with Gasteiger partial charge in [-0.15, -0.1) is 0 Å². The number of rotatable bonds is 3. The molecule has 0 aromatic heterocycles. The number of carbonyl (C=O) groups excluding carboxylic acids is 1. The van der Waals surface area contributed by atoms with E-state index in [1.165, 1.54) is 0 Å². The Labute approximate surface area is 96.8 Å². The molecule has 2 rings (SSSR count). The molecule has 0 amide bonds. The van der Waals surface area contributed by atoms with Crippen LogP contribution >= 0.6 is 0 Å². The molecule has 16 heavy (non-hydrogen) atoms. The molecule has 0 aliphatic carbocycles. The molecule has 2 atom stereocenters. The molecular weight excluding hydrogens is 206 g/mol. The second-order valence-corrected chi connectivity index (χ2v) is 5.32. The lowest BCUT2D eigenvalue weighted by molar-refractivity contribution is -0.942. The Morgan fingerprint density at radius 3 is 2.44 bits per heavy atom. The first-order valence-corrected chi connectivity index (χ1v) is 6.25. The van der Waals surface area contributed by atoms with Crippen LogP contribution in [0.3, 0.4) is 0 Å². The van der Waals surface area contributed by atoms with Crippen molar-refractivity contribution in [1.29, 1.82) is 0 Å². The Kier molecular flexibility index (Phi) is 3.22. The fraction of sp³-hybridized carbons (Fsp3) is 0.917. The molecule has 0 aromatic rings. The molecule has 4 heteroatoms. The molecule has 0 spiro atoms. The van der Waals surface area contributed by atoms with Gasteiger partial charge in [0.15, 0.2) is 6.54 Å². The Bertz CT molecular complexity index is 265. The molecule has 0 radical (unpaired) electrons. The highest BCUT2D eigenvalue weighted by Gasteiger charge is 2.52. The average molecular weight is 228 g/mol. The van der Waals surface area contributed by atoms with Gasteiger partial charge in [-0.1, -0.05) is 0 Å². The zero-order valence-electron chi connectivity index (χ0n) is 10.2. The van der Waals surface area contributed by atoms with E-state index in [9.17, 15) is 9.90 Å². The first-order chi connectivity index (χ1) is 7.56. The first kappa shape index (κ1) is 11.9. The van der Waals surface area contributed by atoms with Crippen molar-refractivity contribution < 1.29 is 19.1 Å². The van der Waals surface area contributed by atoms with Crippen LogP contribution in [-0.4, -0.2) is 53.9 Å². The Morgan fingerprint density at radius 1 is 1.38 bits per heavy atom. The minimum absolute atomic E-state index is 0.0988. The quantitative estimate of drug-likeness (QED) is 0.571. The Balaban J connectivity index is 2.04. The summed E-state index contributed by atoms with van der Waals surface area (Å²) in [4.78, 5) is 11.6. The molecule has 2 aliphatic heterocycles. The van der Waals surface area contributed by atoms with Gasteiger partial charge >= 0.3 is 5.97 Å². The van der Waals surface area contributed by atoms with Crippen molar-refractivity contribution in [2.24, 2.45) is 0 Å². The van der Waals surface area contributed by atoms with E-state index in [0.717, 1.165) is 30.2 Å². The third-order valence-electron chi connectivity index (χ3n) is 4.36. The third-order valence-corrected chi connectivity index (χ3v) is 4.36. The summed E-state index contributed by atoms with van der Waals surface area (Å²) in [5, 5.41) is 9.73. The molecule has 92 valence electrons. The standard InChI is InChI=1S/C12H22NO3/c1-3-16-12(15)8-13(2)9-4-5-10(13)7-11(14)6-9/h9-11,14H,3-8H2,1-2H3/q+1. The Morgan fingerprint density at radius 2 is 1.94 bits per heavy atom. The van der Waals surface area contributed by atoms with Gasteiger partial charge in [0.05, 0.1) is 31.8 Å². The summed E-state index contributed by atoms with van der Waals surface area (Å²) in [6.45, 7) is 2.76. The van der Waals surface area contributed by atoms with Gasteiger partial charge in [0.1, 0.15) is 0 Å². The van der Waals surface area contributed by atoms with Crippen molar-refractivity contribution in [1.82, 2.24) is 0 Å². The topological polar surface area (TPSA) is 46.5 Å². The smallest absolute Gasteiger partial charge is 0.361 e. The predicted molar refractivity (Wildman–Crippen MR) is 59.7 cm³/mol. The first-order valence-electron chi connectivity index (χ1n) is 6.25. The summed E-state index contributed by atoms with van der Waals surface area (Å²) in [6, 6.07) is 0.885. The highest BCUT2D eigenvalue weighted by atomic mass is 16.5. The lowest BCUT2D eigenvalue weighted by Gasteiger charge is -2.45. The zero-order valence-corrected chi connectivity index (χ0v) is 10.2. The largest absolute Gasteiger partial charge is 0.462 e. The van der Waals surface area contributed by atoms with Gasteiger partial charge in [0, 0.05) is 25.7 Å². The highest BCUT2D eigenvalue weighted by molar-refractivity contribution is 5.70. The van der Waals surface area contributed by atoms with E-state index in [-0.39, 0.29) is 12.1 Å². The molecule has 2 bridgehead atoms. The fourth-order valence-electron chi connectivity index (χ4n) is 3.46. The van der Waals surface area contributed by atoms with Crippen LogP contribution in [0.2, 0.25) is 0 Å². The average Bonchev–Trinajstić information content (AvgIpc) is 2.39.